The van der Waals surface area contributed by atoms with Gasteiger partial charge >= 0.3 is 0 Å². The predicted octanol–water partition coefficient (Wildman–Crippen LogP) is 1.91. The Kier molecular flexibility index (Phi) is 4.37. The van der Waals surface area contributed by atoms with E-state index in [0.29, 0.717) is 17.4 Å². The van der Waals surface area contributed by atoms with Crippen LogP contribution >= 0.6 is 0 Å². The number of likely N-dealkylation sites (tertiary alicyclic amines) is 1. The third-order valence-electron chi connectivity index (χ3n) is 4.13. The van der Waals surface area contributed by atoms with Crippen molar-refractivity contribution in [3.8, 4) is 5.88 Å². The second-order valence-electron chi connectivity index (χ2n) is 5.54. The smallest absolute Gasteiger partial charge is 0.259 e. The van der Waals surface area contributed by atoms with Crippen molar-refractivity contribution in [2.75, 3.05) is 20.2 Å². The molecule has 22 heavy (non-hydrogen) atoms. The lowest BCUT2D eigenvalue weighted by atomic mass is 9.93. The molecular weight excluding hydrogens is 280 g/mol. The summed E-state index contributed by atoms with van der Waals surface area (Å²) in [5, 5.41) is 0. The first-order chi connectivity index (χ1) is 10.8. The fourth-order valence-corrected chi connectivity index (χ4v) is 2.91. The summed E-state index contributed by atoms with van der Waals surface area (Å²) in [7, 11) is 1.54. The van der Waals surface area contributed by atoms with Crippen LogP contribution in [0.5, 0.6) is 5.88 Å². The minimum absolute atomic E-state index is 0.00130. The normalized spacial score (nSPS) is 15.8. The number of hydrogen-bond donors (Lipinski definition) is 1. The number of methoxy groups -OCH3 is 1. The number of rotatable bonds is 4. The van der Waals surface area contributed by atoms with Gasteiger partial charge in [0.15, 0.2) is 0 Å². The third-order valence-corrected chi connectivity index (χ3v) is 4.13. The quantitative estimate of drug-likeness (QED) is 0.936. The van der Waals surface area contributed by atoms with Crippen LogP contribution in [0.2, 0.25) is 0 Å². The molecule has 0 saturated carbocycles. The maximum atomic E-state index is 12.6. The van der Waals surface area contributed by atoms with Crippen LogP contribution in [0.4, 0.5) is 0 Å². The fraction of sp³-hybridized carbons (Fsp3) is 0.438. The molecule has 0 aliphatic carbocycles. The maximum Gasteiger partial charge on any atom is 0.259 e. The molecule has 0 aromatic carbocycles. The highest BCUT2D eigenvalue weighted by atomic mass is 16.5. The summed E-state index contributed by atoms with van der Waals surface area (Å²) in [5.41, 5.74) is 0.537. The van der Waals surface area contributed by atoms with Crippen molar-refractivity contribution in [2.45, 2.75) is 19.3 Å². The second-order valence-corrected chi connectivity index (χ2v) is 5.54. The lowest BCUT2D eigenvalue weighted by molar-refractivity contribution is 0.0685. The monoisotopic (exact) mass is 300 g/mol. The van der Waals surface area contributed by atoms with Crippen LogP contribution in [0.1, 0.15) is 29.0 Å². The van der Waals surface area contributed by atoms with Gasteiger partial charge in [0.05, 0.1) is 7.11 Å². The number of nitrogens with one attached hydrogen (secondary N) is 1. The van der Waals surface area contributed by atoms with Crippen molar-refractivity contribution in [3.63, 3.8) is 0 Å². The lowest BCUT2D eigenvalue weighted by Crippen LogP contribution is -2.39. The molecule has 2 aromatic heterocycles. The molecule has 1 aliphatic rings. The highest BCUT2D eigenvalue weighted by Gasteiger charge is 2.26. The lowest BCUT2D eigenvalue weighted by Gasteiger charge is -2.31. The van der Waals surface area contributed by atoms with E-state index in [1.54, 1.807) is 24.5 Å². The van der Waals surface area contributed by atoms with Gasteiger partial charge in [-0.15, -0.1) is 0 Å². The van der Waals surface area contributed by atoms with Gasteiger partial charge in [-0.1, -0.05) is 0 Å². The van der Waals surface area contributed by atoms with E-state index in [2.05, 4.69) is 15.0 Å². The molecule has 6 heteroatoms. The van der Waals surface area contributed by atoms with E-state index in [1.165, 1.54) is 7.11 Å². The van der Waals surface area contributed by atoms with Gasteiger partial charge in [0.2, 0.25) is 5.88 Å². The van der Waals surface area contributed by atoms with Gasteiger partial charge in [-0.3, -0.25) is 4.79 Å². The molecule has 0 bridgehead atoms. The molecular formula is C16H20N4O2. The summed E-state index contributed by atoms with van der Waals surface area (Å²) in [5.74, 6) is 2.00. The molecule has 2 aromatic rings. The topological polar surface area (TPSA) is 71.1 Å². The Morgan fingerprint density at radius 3 is 2.86 bits per heavy atom. The number of amides is 1. The van der Waals surface area contributed by atoms with Crippen LogP contribution in [0, 0.1) is 5.92 Å². The van der Waals surface area contributed by atoms with Crippen molar-refractivity contribution >= 4 is 5.91 Å². The number of hydrogen-bond acceptors (Lipinski definition) is 4. The summed E-state index contributed by atoms with van der Waals surface area (Å²) in [6, 6.07) is 3.53. The van der Waals surface area contributed by atoms with Crippen LogP contribution < -0.4 is 4.74 Å². The Bertz CT molecular complexity index is 619. The van der Waals surface area contributed by atoms with Crippen molar-refractivity contribution in [1.82, 2.24) is 19.9 Å². The first kappa shape index (κ1) is 14.6. The first-order valence-corrected chi connectivity index (χ1v) is 7.54. The number of nitrogens with zero attached hydrogens (tertiary/aromatic N) is 3. The number of pyridine rings is 1. The summed E-state index contributed by atoms with van der Waals surface area (Å²) in [4.78, 5) is 26.0. The number of piperidine rings is 1. The molecule has 0 spiro atoms. The van der Waals surface area contributed by atoms with Crippen LogP contribution in [0.3, 0.4) is 0 Å². The van der Waals surface area contributed by atoms with Crippen molar-refractivity contribution < 1.29 is 9.53 Å². The minimum atomic E-state index is 0.00130. The molecule has 3 rings (SSSR count). The number of H-pyrrole nitrogens is 1. The van der Waals surface area contributed by atoms with Crippen molar-refractivity contribution in [3.05, 3.63) is 42.1 Å². The van der Waals surface area contributed by atoms with E-state index >= 15 is 0 Å². The van der Waals surface area contributed by atoms with Crippen LogP contribution in [-0.4, -0.2) is 46.0 Å². The molecule has 6 nitrogen and oxygen atoms in total. The van der Waals surface area contributed by atoms with E-state index in [1.807, 2.05) is 11.1 Å². The van der Waals surface area contributed by atoms with E-state index < -0.39 is 0 Å². The van der Waals surface area contributed by atoms with E-state index in [9.17, 15) is 4.79 Å². The van der Waals surface area contributed by atoms with Gasteiger partial charge in [0, 0.05) is 38.1 Å². The van der Waals surface area contributed by atoms with Crippen LogP contribution in [0.25, 0.3) is 0 Å². The number of carbonyl (C=O) groups is 1. The number of aromatic nitrogens is 3. The molecule has 3 heterocycles. The summed E-state index contributed by atoms with van der Waals surface area (Å²) in [6.45, 7) is 1.53. The van der Waals surface area contributed by atoms with Gasteiger partial charge < -0.3 is 14.6 Å². The number of carbonyl (C=O) groups excluding carboxylic acids is 1. The molecule has 116 valence electrons. The number of ether oxygens (including phenoxy) is 1. The maximum absolute atomic E-state index is 12.6. The van der Waals surface area contributed by atoms with Gasteiger partial charge in [-0.05, 0) is 30.9 Å². The Hall–Kier alpha value is -2.37. The highest BCUT2D eigenvalue weighted by molar-refractivity contribution is 5.96. The van der Waals surface area contributed by atoms with Crippen LogP contribution in [-0.2, 0) is 6.42 Å². The van der Waals surface area contributed by atoms with Crippen molar-refractivity contribution in [2.24, 2.45) is 5.92 Å². The Morgan fingerprint density at radius 1 is 1.36 bits per heavy atom. The zero-order valence-electron chi connectivity index (χ0n) is 12.7. The Labute approximate surface area is 129 Å². The Balaban J connectivity index is 1.60. The molecule has 0 atom stereocenters. The van der Waals surface area contributed by atoms with Crippen LogP contribution in [0.15, 0.2) is 30.7 Å². The number of imidazole rings is 1. The predicted molar refractivity (Wildman–Crippen MR) is 81.7 cm³/mol. The van der Waals surface area contributed by atoms with E-state index in [0.717, 1.165) is 38.2 Å². The Morgan fingerprint density at radius 2 is 2.18 bits per heavy atom. The molecule has 1 aliphatic heterocycles. The molecule has 0 unspecified atom stereocenters. The summed E-state index contributed by atoms with van der Waals surface area (Å²) >= 11 is 0. The van der Waals surface area contributed by atoms with E-state index in [-0.39, 0.29) is 5.91 Å². The second kappa shape index (κ2) is 6.60. The SMILES string of the molecule is COc1ncccc1C(=O)N1CCC(Cc2ncc[nH]2)CC1. The van der Waals surface area contributed by atoms with Gasteiger partial charge in [-0.2, -0.15) is 0 Å². The fourth-order valence-electron chi connectivity index (χ4n) is 2.91. The largest absolute Gasteiger partial charge is 0.480 e. The molecule has 0 radical (unpaired) electrons. The minimum Gasteiger partial charge on any atom is -0.480 e. The van der Waals surface area contributed by atoms with Gasteiger partial charge in [0.25, 0.3) is 5.91 Å². The molecule has 1 amide bonds. The summed E-state index contributed by atoms with van der Waals surface area (Å²) in [6.07, 6.45) is 8.20. The first-order valence-electron chi connectivity index (χ1n) is 7.54. The average molecular weight is 300 g/mol. The van der Waals surface area contributed by atoms with Gasteiger partial charge in [0.1, 0.15) is 11.4 Å². The third kappa shape index (κ3) is 3.10. The van der Waals surface area contributed by atoms with Crippen molar-refractivity contribution in [1.29, 1.82) is 0 Å². The van der Waals surface area contributed by atoms with Gasteiger partial charge in [-0.25, -0.2) is 9.97 Å². The molecule has 1 N–H and O–H groups in total. The number of aromatic amines is 1. The molecule has 1 fully saturated rings. The van der Waals surface area contributed by atoms with E-state index in [4.69, 9.17) is 4.74 Å². The average Bonchev–Trinajstić information content (AvgIpc) is 3.08. The zero-order valence-corrected chi connectivity index (χ0v) is 12.7. The standard InChI is InChI=1S/C16H20N4O2/c1-22-15-13(3-2-6-19-15)16(21)20-9-4-12(5-10-20)11-14-17-7-8-18-14/h2-3,6-8,12H,4-5,9-11H2,1H3,(H,17,18). The molecule has 1 saturated heterocycles. The summed E-state index contributed by atoms with van der Waals surface area (Å²) < 4.78 is 5.18. The highest BCUT2D eigenvalue weighted by Crippen LogP contribution is 2.23. The zero-order chi connectivity index (χ0) is 15.4.